The van der Waals surface area contributed by atoms with Crippen LogP contribution in [0, 0.1) is 17.5 Å². The fourth-order valence-electron chi connectivity index (χ4n) is 2.69. The zero-order chi connectivity index (χ0) is 19.6. The number of rotatable bonds is 3. The van der Waals surface area contributed by atoms with Crippen molar-refractivity contribution in [3.63, 3.8) is 0 Å². The fraction of sp³-hybridized carbons (Fsp3) is 0.294. The second-order valence-electron chi connectivity index (χ2n) is 5.93. The highest BCUT2D eigenvalue weighted by molar-refractivity contribution is 5.93. The number of halogens is 3. The predicted molar refractivity (Wildman–Crippen MR) is 89.8 cm³/mol. The molecule has 2 aromatic rings. The van der Waals surface area contributed by atoms with Gasteiger partial charge in [0.2, 0.25) is 5.91 Å². The van der Waals surface area contributed by atoms with E-state index in [2.05, 4.69) is 15.3 Å². The molecule has 1 N–H and O–H groups in total. The molecule has 0 spiro atoms. The molecule has 0 bridgehead atoms. The Bertz CT molecular complexity index is 885. The molecule has 0 radical (unpaired) electrons. The minimum atomic E-state index is -1.60. The average molecular weight is 379 g/mol. The molecule has 7 nitrogen and oxygen atoms in total. The molecule has 2 heterocycles. The molecule has 1 saturated heterocycles. The van der Waals surface area contributed by atoms with Crippen LogP contribution in [-0.4, -0.2) is 57.8 Å². The number of nitrogens with zero attached hydrogens (tertiary/aromatic N) is 4. The van der Waals surface area contributed by atoms with E-state index < -0.39 is 17.5 Å². The molecule has 10 heteroatoms. The number of anilines is 2. The van der Waals surface area contributed by atoms with Crippen molar-refractivity contribution in [1.29, 1.82) is 0 Å². The third-order valence-corrected chi connectivity index (χ3v) is 4.20. The van der Waals surface area contributed by atoms with Gasteiger partial charge in [-0.3, -0.25) is 9.59 Å². The van der Waals surface area contributed by atoms with Crippen molar-refractivity contribution in [3.8, 4) is 0 Å². The van der Waals surface area contributed by atoms with Crippen molar-refractivity contribution < 1.29 is 22.8 Å². The van der Waals surface area contributed by atoms with Gasteiger partial charge in [0.05, 0.1) is 5.69 Å². The van der Waals surface area contributed by atoms with Gasteiger partial charge in [-0.25, -0.2) is 23.1 Å². The smallest absolute Gasteiger partial charge is 0.272 e. The zero-order valence-corrected chi connectivity index (χ0v) is 14.4. The Kier molecular flexibility index (Phi) is 5.24. The summed E-state index contributed by atoms with van der Waals surface area (Å²) in [6.07, 6.45) is 1.11. The van der Waals surface area contributed by atoms with Crippen molar-refractivity contribution in [1.82, 2.24) is 19.8 Å². The molecule has 1 aromatic heterocycles. The van der Waals surface area contributed by atoms with Crippen LogP contribution < -0.4 is 5.32 Å². The zero-order valence-electron chi connectivity index (χ0n) is 14.4. The lowest BCUT2D eigenvalue weighted by Crippen LogP contribution is -2.50. The first-order valence-electron chi connectivity index (χ1n) is 8.14. The summed E-state index contributed by atoms with van der Waals surface area (Å²) in [5, 5.41) is 2.50. The Morgan fingerprint density at radius 2 is 1.67 bits per heavy atom. The SMILES string of the molecule is CC(=O)N1CCN(C(=O)c2cc(Nc3ccc(F)c(F)c3F)ncn2)CC1. The van der Waals surface area contributed by atoms with Crippen LogP contribution >= 0.6 is 0 Å². The summed E-state index contributed by atoms with van der Waals surface area (Å²) in [6.45, 7) is 3.05. The first-order chi connectivity index (χ1) is 12.9. The van der Waals surface area contributed by atoms with Gasteiger partial charge in [0.25, 0.3) is 5.91 Å². The van der Waals surface area contributed by atoms with E-state index in [1.165, 1.54) is 13.0 Å². The minimum Gasteiger partial charge on any atom is -0.339 e. The molecule has 3 rings (SSSR count). The number of hydrogen-bond acceptors (Lipinski definition) is 5. The molecule has 0 atom stereocenters. The summed E-state index contributed by atoms with van der Waals surface area (Å²) < 4.78 is 40.1. The lowest BCUT2D eigenvalue weighted by molar-refractivity contribution is -0.130. The third-order valence-electron chi connectivity index (χ3n) is 4.20. The summed E-state index contributed by atoms with van der Waals surface area (Å²) in [4.78, 5) is 34.9. The van der Waals surface area contributed by atoms with Gasteiger partial charge in [0, 0.05) is 39.2 Å². The van der Waals surface area contributed by atoms with E-state index in [9.17, 15) is 22.8 Å². The second kappa shape index (κ2) is 7.60. The van der Waals surface area contributed by atoms with Crippen LogP contribution in [-0.2, 0) is 4.79 Å². The van der Waals surface area contributed by atoms with Gasteiger partial charge in [-0.1, -0.05) is 0 Å². The van der Waals surface area contributed by atoms with Crippen LogP contribution in [0.15, 0.2) is 24.5 Å². The number of hydrogen-bond donors (Lipinski definition) is 1. The number of amides is 2. The van der Waals surface area contributed by atoms with Crippen LogP contribution in [0.2, 0.25) is 0 Å². The second-order valence-corrected chi connectivity index (χ2v) is 5.93. The Morgan fingerprint density at radius 3 is 2.33 bits per heavy atom. The molecule has 0 unspecified atom stereocenters. The van der Waals surface area contributed by atoms with Crippen LogP contribution in [0.1, 0.15) is 17.4 Å². The maximum Gasteiger partial charge on any atom is 0.272 e. The van der Waals surface area contributed by atoms with E-state index in [4.69, 9.17) is 0 Å². The molecule has 2 amide bonds. The number of carbonyl (C=O) groups excluding carboxylic acids is 2. The van der Waals surface area contributed by atoms with Crippen LogP contribution in [0.3, 0.4) is 0 Å². The van der Waals surface area contributed by atoms with Gasteiger partial charge in [-0.05, 0) is 12.1 Å². The fourth-order valence-corrected chi connectivity index (χ4v) is 2.69. The molecule has 142 valence electrons. The Balaban J connectivity index is 1.73. The van der Waals surface area contributed by atoms with Crippen molar-refractivity contribution >= 4 is 23.3 Å². The highest BCUT2D eigenvalue weighted by atomic mass is 19.2. The summed E-state index contributed by atoms with van der Waals surface area (Å²) in [5.74, 6) is -4.66. The van der Waals surface area contributed by atoms with Crippen molar-refractivity contribution in [2.45, 2.75) is 6.92 Å². The van der Waals surface area contributed by atoms with Crippen molar-refractivity contribution in [3.05, 3.63) is 47.7 Å². The van der Waals surface area contributed by atoms with Crippen LogP contribution in [0.25, 0.3) is 0 Å². The molecule has 1 fully saturated rings. The highest BCUT2D eigenvalue weighted by Gasteiger charge is 2.24. The monoisotopic (exact) mass is 379 g/mol. The molecular weight excluding hydrogens is 363 g/mol. The van der Waals surface area contributed by atoms with E-state index in [-0.39, 0.29) is 29.0 Å². The van der Waals surface area contributed by atoms with Crippen molar-refractivity contribution in [2.75, 3.05) is 31.5 Å². The number of nitrogens with one attached hydrogen (secondary N) is 1. The standard InChI is InChI=1S/C17H16F3N5O2/c1-10(26)24-4-6-25(7-5-24)17(27)13-8-14(22-9-21-13)23-12-3-2-11(18)15(19)16(12)20/h2-3,8-9H,4-7H2,1H3,(H,21,22,23). The molecule has 0 saturated carbocycles. The average Bonchev–Trinajstić information content (AvgIpc) is 2.68. The third kappa shape index (κ3) is 3.99. The van der Waals surface area contributed by atoms with E-state index in [1.54, 1.807) is 9.80 Å². The summed E-state index contributed by atoms with van der Waals surface area (Å²) in [5.41, 5.74) is -0.257. The first-order valence-corrected chi connectivity index (χ1v) is 8.14. The van der Waals surface area contributed by atoms with Gasteiger partial charge in [-0.2, -0.15) is 0 Å². The first kappa shape index (κ1) is 18.6. The Labute approximate surface area is 152 Å². The Morgan fingerprint density at radius 1 is 1.00 bits per heavy atom. The van der Waals surface area contributed by atoms with E-state index in [0.29, 0.717) is 26.2 Å². The van der Waals surface area contributed by atoms with Crippen LogP contribution in [0.5, 0.6) is 0 Å². The van der Waals surface area contributed by atoms with E-state index >= 15 is 0 Å². The summed E-state index contributed by atoms with van der Waals surface area (Å²) in [6, 6.07) is 3.10. The number of aromatic nitrogens is 2. The number of carbonyl (C=O) groups is 2. The molecule has 1 aliphatic heterocycles. The largest absolute Gasteiger partial charge is 0.339 e. The normalized spacial score (nSPS) is 14.2. The van der Waals surface area contributed by atoms with Gasteiger partial charge >= 0.3 is 0 Å². The minimum absolute atomic E-state index is 0.0517. The lowest BCUT2D eigenvalue weighted by Gasteiger charge is -2.34. The van der Waals surface area contributed by atoms with Crippen molar-refractivity contribution in [2.24, 2.45) is 0 Å². The lowest BCUT2D eigenvalue weighted by atomic mass is 10.2. The van der Waals surface area contributed by atoms with Crippen LogP contribution in [0.4, 0.5) is 24.7 Å². The summed E-state index contributed by atoms with van der Waals surface area (Å²) >= 11 is 0. The quantitative estimate of drug-likeness (QED) is 0.825. The van der Waals surface area contributed by atoms with Gasteiger partial charge in [0.1, 0.15) is 17.8 Å². The number of benzene rings is 1. The van der Waals surface area contributed by atoms with E-state index in [0.717, 1.165) is 18.5 Å². The topological polar surface area (TPSA) is 78.4 Å². The maximum atomic E-state index is 13.8. The van der Waals surface area contributed by atoms with Gasteiger partial charge in [-0.15, -0.1) is 0 Å². The molecule has 0 aliphatic carbocycles. The maximum absolute atomic E-state index is 13.8. The van der Waals surface area contributed by atoms with E-state index in [1.807, 2.05) is 0 Å². The Hall–Kier alpha value is -3.17. The molecule has 1 aromatic carbocycles. The molecular formula is C17H16F3N5O2. The van der Waals surface area contributed by atoms with Gasteiger partial charge < -0.3 is 15.1 Å². The predicted octanol–water partition coefficient (Wildman–Crippen LogP) is 1.94. The van der Waals surface area contributed by atoms with Gasteiger partial charge in [0.15, 0.2) is 17.5 Å². The number of piperazine rings is 1. The molecule has 1 aliphatic rings. The summed E-state index contributed by atoms with van der Waals surface area (Å²) in [7, 11) is 0. The molecule has 27 heavy (non-hydrogen) atoms. The highest BCUT2D eigenvalue weighted by Crippen LogP contribution is 2.23.